The molecule has 114 valence electrons. The average Bonchev–Trinajstić information content (AvgIpc) is 3.15. The van der Waals surface area contributed by atoms with Gasteiger partial charge in [-0.05, 0) is 6.07 Å². The van der Waals surface area contributed by atoms with E-state index in [0.29, 0.717) is 0 Å². The van der Waals surface area contributed by atoms with Crippen LogP contribution < -0.4 is 10.2 Å². The molecular weight excluding hydrogens is 320 g/mol. The molecule has 1 aromatic carbocycles. The molecule has 2 saturated heterocycles. The van der Waals surface area contributed by atoms with E-state index < -0.39 is 0 Å². The second-order valence-corrected chi connectivity index (χ2v) is 6.72. The zero-order chi connectivity index (χ0) is 15.1. The van der Waals surface area contributed by atoms with Crippen LogP contribution in [0.2, 0.25) is 5.02 Å². The lowest BCUT2D eigenvalue weighted by atomic mass is 10.2. The lowest BCUT2D eigenvalue weighted by Crippen LogP contribution is -2.52. The second kappa shape index (κ2) is 5.44. The SMILES string of the molecule is O=C1NC[C@@H]2CN(c3nc(-c4ccccc4Cl)cs3)CCN12. The van der Waals surface area contributed by atoms with E-state index in [1.165, 1.54) is 0 Å². The van der Waals surface area contributed by atoms with Crippen molar-refractivity contribution in [3.05, 3.63) is 34.7 Å². The zero-order valence-corrected chi connectivity index (χ0v) is 13.4. The Kier molecular flexibility index (Phi) is 3.43. The van der Waals surface area contributed by atoms with Crippen molar-refractivity contribution >= 4 is 34.1 Å². The first-order valence-corrected chi connectivity index (χ1v) is 8.48. The van der Waals surface area contributed by atoms with Crippen LogP contribution in [0.15, 0.2) is 29.6 Å². The third kappa shape index (κ3) is 2.32. The summed E-state index contributed by atoms with van der Waals surface area (Å²) in [6.45, 7) is 3.11. The van der Waals surface area contributed by atoms with Crippen molar-refractivity contribution in [1.29, 1.82) is 0 Å². The molecule has 3 heterocycles. The minimum Gasteiger partial charge on any atom is -0.344 e. The van der Waals surface area contributed by atoms with Crippen molar-refractivity contribution in [3.63, 3.8) is 0 Å². The van der Waals surface area contributed by atoms with Crippen LogP contribution in [0.4, 0.5) is 9.93 Å². The summed E-state index contributed by atoms with van der Waals surface area (Å²) in [6, 6.07) is 8.05. The predicted octanol–water partition coefficient (Wildman–Crippen LogP) is 2.68. The van der Waals surface area contributed by atoms with Gasteiger partial charge in [0, 0.05) is 42.1 Å². The number of amides is 2. The number of aromatic nitrogens is 1. The van der Waals surface area contributed by atoms with Crippen molar-refractivity contribution in [2.45, 2.75) is 6.04 Å². The summed E-state index contributed by atoms with van der Waals surface area (Å²) in [6.07, 6.45) is 0. The lowest BCUT2D eigenvalue weighted by Gasteiger charge is -2.36. The Morgan fingerprint density at radius 2 is 2.18 bits per heavy atom. The number of carbonyl (C=O) groups is 1. The van der Waals surface area contributed by atoms with Gasteiger partial charge in [0.1, 0.15) is 0 Å². The molecule has 0 radical (unpaired) electrons. The van der Waals surface area contributed by atoms with Gasteiger partial charge in [-0.3, -0.25) is 0 Å². The van der Waals surface area contributed by atoms with E-state index in [4.69, 9.17) is 16.6 Å². The van der Waals surface area contributed by atoms with Crippen LogP contribution in [0.3, 0.4) is 0 Å². The molecule has 7 heteroatoms. The Morgan fingerprint density at radius 3 is 3.05 bits per heavy atom. The number of hydrogen-bond acceptors (Lipinski definition) is 4. The first-order valence-electron chi connectivity index (χ1n) is 7.22. The van der Waals surface area contributed by atoms with Crippen molar-refractivity contribution in [1.82, 2.24) is 15.2 Å². The number of piperazine rings is 1. The van der Waals surface area contributed by atoms with Gasteiger partial charge >= 0.3 is 6.03 Å². The number of anilines is 1. The number of urea groups is 1. The van der Waals surface area contributed by atoms with Gasteiger partial charge < -0.3 is 15.1 Å². The molecular formula is C15H15ClN4OS. The Hall–Kier alpha value is -1.79. The van der Waals surface area contributed by atoms with Gasteiger partial charge in [0.25, 0.3) is 0 Å². The monoisotopic (exact) mass is 334 g/mol. The molecule has 0 saturated carbocycles. The Morgan fingerprint density at radius 1 is 1.32 bits per heavy atom. The van der Waals surface area contributed by atoms with E-state index in [-0.39, 0.29) is 12.1 Å². The van der Waals surface area contributed by atoms with E-state index in [2.05, 4.69) is 10.2 Å². The molecule has 2 aromatic rings. The molecule has 0 unspecified atom stereocenters. The minimum absolute atomic E-state index is 0.0561. The van der Waals surface area contributed by atoms with Crippen LogP contribution in [0.25, 0.3) is 11.3 Å². The summed E-state index contributed by atoms with van der Waals surface area (Å²) in [5, 5.41) is 6.65. The summed E-state index contributed by atoms with van der Waals surface area (Å²) in [4.78, 5) is 20.6. The molecule has 0 spiro atoms. The summed E-state index contributed by atoms with van der Waals surface area (Å²) >= 11 is 7.87. The molecule has 4 rings (SSSR count). The molecule has 1 N–H and O–H groups in total. The van der Waals surface area contributed by atoms with Gasteiger partial charge in [-0.15, -0.1) is 11.3 Å². The number of halogens is 1. The number of carbonyl (C=O) groups excluding carboxylic acids is 1. The number of nitrogens with one attached hydrogen (secondary N) is 1. The van der Waals surface area contributed by atoms with Gasteiger partial charge in [-0.25, -0.2) is 9.78 Å². The van der Waals surface area contributed by atoms with Gasteiger partial charge in [0.15, 0.2) is 5.13 Å². The highest BCUT2D eigenvalue weighted by molar-refractivity contribution is 7.14. The van der Waals surface area contributed by atoms with Crippen LogP contribution in [0, 0.1) is 0 Å². The maximum atomic E-state index is 11.6. The Labute approximate surface area is 137 Å². The number of nitrogens with zero attached hydrogens (tertiary/aromatic N) is 3. The van der Waals surface area contributed by atoms with Crippen LogP contribution in [-0.2, 0) is 0 Å². The van der Waals surface area contributed by atoms with Gasteiger partial charge in [0.2, 0.25) is 0 Å². The van der Waals surface area contributed by atoms with Gasteiger partial charge in [-0.2, -0.15) is 0 Å². The quantitative estimate of drug-likeness (QED) is 0.918. The molecule has 2 amide bonds. The second-order valence-electron chi connectivity index (χ2n) is 5.47. The zero-order valence-electron chi connectivity index (χ0n) is 11.8. The molecule has 2 fully saturated rings. The molecule has 2 aliphatic heterocycles. The highest BCUT2D eigenvalue weighted by atomic mass is 35.5. The topological polar surface area (TPSA) is 48.5 Å². The fourth-order valence-corrected chi connectivity index (χ4v) is 4.08. The lowest BCUT2D eigenvalue weighted by molar-refractivity contribution is 0.197. The van der Waals surface area contributed by atoms with Crippen molar-refractivity contribution < 1.29 is 4.79 Å². The van der Waals surface area contributed by atoms with Crippen LogP contribution in [0.5, 0.6) is 0 Å². The fraction of sp³-hybridized carbons (Fsp3) is 0.333. The highest BCUT2D eigenvalue weighted by Crippen LogP contribution is 2.32. The molecule has 0 aliphatic carbocycles. The average molecular weight is 335 g/mol. The normalized spacial score (nSPS) is 21.0. The molecule has 22 heavy (non-hydrogen) atoms. The Bertz CT molecular complexity index is 719. The minimum atomic E-state index is 0.0561. The molecule has 2 aliphatic rings. The first kappa shape index (κ1) is 13.8. The summed E-state index contributed by atoms with van der Waals surface area (Å²) in [7, 11) is 0. The van der Waals surface area contributed by atoms with Crippen molar-refractivity contribution in [2.24, 2.45) is 0 Å². The van der Waals surface area contributed by atoms with Crippen molar-refractivity contribution in [2.75, 3.05) is 31.1 Å². The van der Waals surface area contributed by atoms with Gasteiger partial charge in [-0.1, -0.05) is 29.8 Å². The Balaban J connectivity index is 1.55. The summed E-state index contributed by atoms with van der Waals surface area (Å²) in [5.74, 6) is 0. The summed E-state index contributed by atoms with van der Waals surface area (Å²) < 4.78 is 0. The van der Waals surface area contributed by atoms with Crippen LogP contribution >= 0.6 is 22.9 Å². The van der Waals surface area contributed by atoms with Crippen molar-refractivity contribution in [3.8, 4) is 11.3 Å². The van der Waals surface area contributed by atoms with Gasteiger partial charge in [0.05, 0.1) is 11.7 Å². The third-order valence-corrected chi connectivity index (χ3v) is 5.38. The number of thiazole rings is 1. The maximum Gasteiger partial charge on any atom is 0.317 e. The van der Waals surface area contributed by atoms with E-state index >= 15 is 0 Å². The summed E-state index contributed by atoms with van der Waals surface area (Å²) in [5.41, 5.74) is 1.87. The molecule has 1 atom stereocenters. The molecule has 1 aromatic heterocycles. The van der Waals surface area contributed by atoms with E-state index in [1.54, 1.807) is 11.3 Å². The van der Waals surface area contributed by atoms with E-state index in [9.17, 15) is 4.79 Å². The smallest absolute Gasteiger partial charge is 0.317 e. The highest BCUT2D eigenvalue weighted by Gasteiger charge is 2.36. The van der Waals surface area contributed by atoms with E-state index in [0.717, 1.165) is 47.6 Å². The van der Waals surface area contributed by atoms with Crippen LogP contribution in [-0.4, -0.2) is 48.1 Å². The largest absolute Gasteiger partial charge is 0.344 e. The number of benzene rings is 1. The third-order valence-electron chi connectivity index (χ3n) is 4.14. The van der Waals surface area contributed by atoms with E-state index in [1.807, 2.05) is 34.5 Å². The first-order chi connectivity index (χ1) is 10.7. The fourth-order valence-electron chi connectivity index (χ4n) is 2.98. The molecule has 0 bridgehead atoms. The standard InChI is InChI=1S/C15H15ClN4OS/c16-12-4-2-1-3-11(12)13-9-22-15(18-13)19-5-6-20-10(8-19)7-17-14(20)21/h1-4,9-10H,5-8H2,(H,17,21)/t10-/m1/s1. The molecule has 5 nitrogen and oxygen atoms in total. The predicted molar refractivity (Wildman–Crippen MR) is 88.7 cm³/mol. The number of rotatable bonds is 2. The number of fused-ring (bicyclic) bond motifs is 1. The number of hydrogen-bond donors (Lipinski definition) is 1. The maximum absolute atomic E-state index is 11.6. The van der Waals surface area contributed by atoms with Crippen LogP contribution in [0.1, 0.15) is 0 Å².